The summed E-state index contributed by atoms with van der Waals surface area (Å²) in [7, 11) is 0. The van der Waals surface area contributed by atoms with Crippen LogP contribution in [-0.4, -0.2) is 16.5 Å². The van der Waals surface area contributed by atoms with Crippen molar-refractivity contribution in [1.29, 1.82) is 0 Å². The van der Waals surface area contributed by atoms with Crippen LogP contribution in [0.1, 0.15) is 30.3 Å². The van der Waals surface area contributed by atoms with Gasteiger partial charge >= 0.3 is 5.69 Å². The lowest BCUT2D eigenvalue weighted by atomic mass is 10.0. The van der Waals surface area contributed by atoms with E-state index in [1.807, 2.05) is 0 Å². The molecule has 0 spiro atoms. The van der Waals surface area contributed by atoms with Gasteiger partial charge in [0.1, 0.15) is 0 Å². The molecule has 0 radical (unpaired) electrons. The van der Waals surface area contributed by atoms with E-state index >= 15 is 0 Å². The molecule has 0 saturated heterocycles. The lowest BCUT2D eigenvalue weighted by Crippen LogP contribution is -2.30. The Bertz CT molecular complexity index is 383. The third-order valence-corrected chi connectivity index (χ3v) is 2.55. The fourth-order valence-corrected chi connectivity index (χ4v) is 1.89. The normalized spacial score (nSPS) is 15.2. The van der Waals surface area contributed by atoms with Gasteiger partial charge in [-0.05, 0) is 6.42 Å². The zero-order valence-electron chi connectivity index (χ0n) is 8.39. The predicted molar refractivity (Wildman–Crippen MR) is 54.3 cm³/mol. The fourth-order valence-electron chi connectivity index (χ4n) is 1.89. The van der Waals surface area contributed by atoms with E-state index in [9.17, 15) is 4.79 Å². The summed E-state index contributed by atoms with van der Waals surface area (Å²) in [6.45, 7) is 3.89. The highest BCUT2D eigenvalue weighted by atomic mass is 16.1. The van der Waals surface area contributed by atoms with Crippen LogP contribution in [0, 0.1) is 0 Å². The van der Waals surface area contributed by atoms with Crippen LogP contribution in [-0.2, 0) is 19.4 Å². The van der Waals surface area contributed by atoms with Crippen LogP contribution < -0.4 is 11.0 Å². The van der Waals surface area contributed by atoms with Gasteiger partial charge in [0.15, 0.2) is 0 Å². The van der Waals surface area contributed by atoms with Crippen molar-refractivity contribution in [2.45, 2.75) is 32.7 Å². The van der Waals surface area contributed by atoms with Gasteiger partial charge in [0.2, 0.25) is 0 Å². The van der Waals surface area contributed by atoms with Crippen molar-refractivity contribution in [3.8, 4) is 0 Å². The predicted octanol–water partition coefficient (Wildman–Crippen LogP) is 0.368. The van der Waals surface area contributed by atoms with Crippen LogP contribution in [0.25, 0.3) is 0 Å². The highest BCUT2D eigenvalue weighted by Crippen LogP contribution is 2.13. The zero-order valence-corrected chi connectivity index (χ0v) is 8.39. The first kappa shape index (κ1) is 9.40. The monoisotopic (exact) mass is 193 g/mol. The molecule has 1 aliphatic rings. The van der Waals surface area contributed by atoms with Gasteiger partial charge in [-0.25, -0.2) is 4.79 Å². The van der Waals surface area contributed by atoms with E-state index in [-0.39, 0.29) is 5.69 Å². The Hall–Kier alpha value is -1.16. The SMILES string of the molecule is CCCc1nc(=O)[nH]c2c1CNCC2. The number of nitrogens with one attached hydrogen (secondary N) is 2. The van der Waals surface area contributed by atoms with Crippen molar-refractivity contribution in [2.24, 2.45) is 0 Å². The summed E-state index contributed by atoms with van der Waals surface area (Å²) in [6.07, 6.45) is 2.83. The van der Waals surface area contributed by atoms with E-state index in [0.29, 0.717) is 0 Å². The van der Waals surface area contributed by atoms with Crippen LogP contribution in [0.3, 0.4) is 0 Å². The Morgan fingerprint density at radius 3 is 3.14 bits per heavy atom. The Morgan fingerprint density at radius 2 is 2.36 bits per heavy atom. The van der Waals surface area contributed by atoms with Gasteiger partial charge in [0, 0.05) is 30.8 Å². The number of aromatic amines is 1. The first-order chi connectivity index (χ1) is 6.81. The molecular formula is C10H15N3O. The molecule has 4 heteroatoms. The van der Waals surface area contributed by atoms with Gasteiger partial charge in [0.25, 0.3) is 0 Å². The van der Waals surface area contributed by atoms with Crippen LogP contribution in [0.2, 0.25) is 0 Å². The number of H-pyrrole nitrogens is 1. The first-order valence-corrected chi connectivity index (χ1v) is 5.13. The number of hydrogen-bond acceptors (Lipinski definition) is 3. The summed E-state index contributed by atoms with van der Waals surface area (Å²) < 4.78 is 0. The summed E-state index contributed by atoms with van der Waals surface area (Å²) in [5, 5.41) is 3.30. The van der Waals surface area contributed by atoms with E-state index in [4.69, 9.17) is 0 Å². The van der Waals surface area contributed by atoms with Crippen molar-refractivity contribution >= 4 is 0 Å². The molecule has 1 aliphatic heterocycles. The molecule has 2 heterocycles. The van der Waals surface area contributed by atoms with Gasteiger partial charge in [-0.3, -0.25) is 0 Å². The van der Waals surface area contributed by atoms with Crippen molar-refractivity contribution in [3.05, 3.63) is 27.4 Å². The fraction of sp³-hybridized carbons (Fsp3) is 0.600. The van der Waals surface area contributed by atoms with Crippen LogP contribution in [0.15, 0.2) is 4.79 Å². The zero-order chi connectivity index (χ0) is 9.97. The number of fused-ring (bicyclic) bond motifs is 1. The molecule has 1 aromatic heterocycles. The molecule has 0 saturated carbocycles. The summed E-state index contributed by atoms with van der Waals surface area (Å²) in [6, 6.07) is 0. The van der Waals surface area contributed by atoms with Crippen LogP contribution in [0.4, 0.5) is 0 Å². The minimum absolute atomic E-state index is 0.200. The molecule has 2 N–H and O–H groups in total. The van der Waals surface area contributed by atoms with E-state index in [2.05, 4.69) is 22.2 Å². The first-order valence-electron chi connectivity index (χ1n) is 5.13. The van der Waals surface area contributed by atoms with Crippen LogP contribution in [0.5, 0.6) is 0 Å². The highest BCUT2D eigenvalue weighted by Gasteiger charge is 2.14. The van der Waals surface area contributed by atoms with Gasteiger partial charge < -0.3 is 10.3 Å². The molecule has 0 aromatic carbocycles. The highest BCUT2D eigenvalue weighted by molar-refractivity contribution is 5.26. The molecule has 14 heavy (non-hydrogen) atoms. The number of aromatic nitrogens is 2. The van der Waals surface area contributed by atoms with Gasteiger partial charge in [0.05, 0.1) is 5.69 Å². The molecule has 0 amide bonds. The Kier molecular flexibility index (Phi) is 2.63. The van der Waals surface area contributed by atoms with Crippen molar-refractivity contribution in [3.63, 3.8) is 0 Å². The molecule has 0 bridgehead atoms. The largest absolute Gasteiger partial charge is 0.345 e. The Labute approximate surface area is 82.8 Å². The van der Waals surface area contributed by atoms with Crippen molar-refractivity contribution in [2.75, 3.05) is 6.54 Å². The topological polar surface area (TPSA) is 57.8 Å². The van der Waals surface area contributed by atoms with Crippen molar-refractivity contribution < 1.29 is 0 Å². The molecule has 0 aliphatic carbocycles. The average Bonchev–Trinajstić information content (AvgIpc) is 2.18. The quantitative estimate of drug-likeness (QED) is 0.713. The maximum atomic E-state index is 11.2. The second-order valence-corrected chi connectivity index (χ2v) is 3.62. The molecular weight excluding hydrogens is 178 g/mol. The molecule has 2 rings (SSSR count). The van der Waals surface area contributed by atoms with Crippen LogP contribution >= 0.6 is 0 Å². The Balaban J connectivity index is 2.47. The Morgan fingerprint density at radius 1 is 1.50 bits per heavy atom. The lowest BCUT2D eigenvalue weighted by Gasteiger charge is -2.18. The standard InChI is InChI=1S/C10H15N3O/c1-2-3-8-7-6-11-5-4-9(7)13-10(14)12-8/h11H,2-6H2,1H3,(H,12,13,14). The van der Waals surface area contributed by atoms with Gasteiger partial charge in [-0.2, -0.15) is 4.98 Å². The summed E-state index contributed by atoms with van der Waals surface area (Å²) in [5.41, 5.74) is 3.05. The summed E-state index contributed by atoms with van der Waals surface area (Å²) >= 11 is 0. The summed E-state index contributed by atoms with van der Waals surface area (Å²) in [5.74, 6) is 0. The van der Waals surface area contributed by atoms with Crippen molar-refractivity contribution in [1.82, 2.24) is 15.3 Å². The van der Waals surface area contributed by atoms with E-state index in [1.165, 1.54) is 5.56 Å². The number of hydrogen-bond donors (Lipinski definition) is 2. The summed E-state index contributed by atoms with van der Waals surface area (Å²) in [4.78, 5) is 18.1. The number of aryl methyl sites for hydroxylation is 1. The second-order valence-electron chi connectivity index (χ2n) is 3.62. The molecule has 76 valence electrons. The smallest absolute Gasteiger partial charge is 0.312 e. The third kappa shape index (κ3) is 1.70. The minimum atomic E-state index is -0.200. The van der Waals surface area contributed by atoms with E-state index < -0.39 is 0 Å². The number of rotatable bonds is 2. The molecule has 0 atom stereocenters. The minimum Gasteiger partial charge on any atom is -0.312 e. The third-order valence-electron chi connectivity index (χ3n) is 2.55. The maximum absolute atomic E-state index is 11.2. The number of nitrogens with zero attached hydrogens (tertiary/aromatic N) is 1. The maximum Gasteiger partial charge on any atom is 0.345 e. The van der Waals surface area contributed by atoms with Gasteiger partial charge in [-0.1, -0.05) is 13.3 Å². The molecule has 0 unspecified atom stereocenters. The van der Waals surface area contributed by atoms with Gasteiger partial charge in [-0.15, -0.1) is 0 Å². The second kappa shape index (κ2) is 3.92. The average molecular weight is 193 g/mol. The molecule has 4 nitrogen and oxygen atoms in total. The molecule has 0 fully saturated rings. The molecule has 1 aromatic rings. The lowest BCUT2D eigenvalue weighted by molar-refractivity contribution is 0.610. The van der Waals surface area contributed by atoms with E-state index in [0.717, 1.165) is 43.7 Å². The van der Waals surface area contributed by atoms with E-state index in [1.54, 1.807) is 0 Å².